The molecule has 0 saturated heterocycles. The van der Waals surface area contributed by atoms with Crippen molar-refractivity contribution in [3.63, 3.8) is 0 Å². The Balaban J connectivity index is 1.73. The van der Waals surface area contributed by atoms with Crippen LogP contribution in [0.3, 0.4) is 0 Å². The van der Waals surface area contributed by atoms with Crippen molar-refractivity contribution in [2.75, 3.05) is 6.54 Å². The van der Waals surface area contributed by atoms with Crippen LogP contribution in [-0.4, -0.2) is 12.5 Å². The van der Waals surface area contributed by atoms with Gasteiger partial charge in [0.2, 0.25) is 0 Å². The van der Waals surface area contributed by atoms with Crippen molar-refractivity contribution < 1.29 is 13.6 Å². The summed E-state index contributed by atoms with van der Waals surface area (Å²) < 4.78 is 19.6. The molecular weight excluding hydrogens is 373 g/mol. The van der Waals surface area contributed by atoms with Gasteiger partial charge in [0.1, 0.15) is 11.4 Å². The summed E-state index contributed by atoms with van der Waals surface area (Å²) in [4.78, 5) is 12.4. The van der Waals surface area contributed by atoms with Crippen LogP contribution in [0.25, 0.3) is 11.0 Å². The molecule has 0 saturated carbocycles. The molecule has 0 aliphatic heterocycles. The lowest BCUT2D eigenvalue weighted by atomic mass is 10.0. The van der Waals surface area contributed by atoms with Crippen molar-refractivity contribution >= 4 is 32.8 Å². The van der Waals surface area contributed by atoms with Gasteiger partial charge in [-0.2, -0.15) is 0 Å². The number of benzene rings is 2. The third-order valence-electron chi connectivity index (χ3n) is 4.11. The smallest absolute Gasteiger partial charge is 0.287 e. The first-order valence-corrected chi connectivity index (χ1v) is 8.47. The predicted molar refractivity (Wildman–Crippen MR) is 95.8 cm³/mol. The summed E-state index contributed by atoms with van der Waals surface area (Å²) in [5, 5.41) is 3.81. The first kappa shape index (κ1) is 16.7. The lowest BCUT2D eigenvalue weighted by Gasteiger charge is -2.12. The van der Waals surface area contributed by atoms with Crippen LogP contribution in [0.2, 0.25) is 0 Å². The summed E-state index contributed by atoms with van der Waals surface area (Å²) in [6.45, 7) is 4.30. The molecule has 0 aliphatic carbocycles. The highest BCUT2D eigenvalue weighted by Gasteiger charge is 2.18. The highest BCUT2D eigenvalue weighted by Crippen LogP contribution is 2.28. The van der Waals surface area contributed by atoms with E-state index in [0.29, 0.717) is 17.9 Å². The second-order valence-electron chi connectivity index (χ2n) is 5.86. The average Bonchev–Trinajstić information content (AvgIpc) is 2.89. The topological polar surface area (TPSA) is 42.2 Å². The van der Waals surface area contributed by atoms with Gasteiger partial charge in [0.05, 0.1) is 0 Å². The molecule has 1 heterocycles. The molecule has 3 aromatic rings. The summed E-state index contributed by atoms with van der Waals surface area (Å²) in [5.41, 5.74) is 2.48. The zero-order valence-electron chi connectivity index (χ0n) is 13.4. The summed E-state index contributed by atoms with van der Waals surface area (Å²) in [5.74, 6) is -0.101. The van der Waals surface area contributed by atoms with E-state index in [-0.39, 0.29) is 17.6 Å². The minimum atomic E-state index is -0.265. The molecule has 3 nitrogen and oxygen atoms in total. The lowest BCUT2D eigenvalue weighted by Crippen LogP contribution is -2.27. The molecule has 0 fully saturated rings. The molecule has 0 bridgehead atoms. The van der Waals surface area contributed by atoms with Crippen molar-refractivity contribution in [3.05, 3.63) is 69.6 Å². The fourth-order valence-corrected chi connectivity index (χ4v) is 3.01. The number of amides is 1. The number of carbonyl (C=O) groups excluding carboxylic acids is 1. The number of furan rings is 1. The van der Waals surface area contributed by atoms with E-state index in [1.807, 2.05) is 32.0 Å². The van der Waals surface area contributed by atoms with Crippen LogP contribution in [0.4, 0.5) is 4.39 Å². The lowest BCUT2D eigenvalue weighted by molar-refractivity contribution is 0.0925. The third kappa shape index (κ3) is 3.36. The van der Waals surface area contributed by atoms with E-state index in [9.17, 15) is 9.18 Å². The number of hydrogen-bond acceptors (Lipinski definition) is 2. The number of halogens is 2. The van der Waals surface area contributed by atoms with Gasteiger partial charge in [-0.05, 0) is 48.7 Å². The fourth-order valence-electron chi connectivity index (χ4n) is 2.64. The second-order valence-corrected chi connectivity index (χ2v) is 6.77. The molecule has 1 aromatic heterocycles. The Hall–Kier alpha value is -2.14. The van der Waals surface area contributed by atoms with E-state index in [1.54, 1.807) is 12.1 Å². The minimum absolute atomic E-state index is 0.0772. The van der Waals surface area contributed by atoms with Gasteiger partial charge < -0.3 is 9.73 Å². The highest BCUT2D eigenvalue weighted by atomic mass is 79.9. The minimum Gasteiger partial charge on any atom is -0.451 e. The van der Waals surface area contributed by atoms with Gasteiger partial charge in [-0.25, -0.2) is 4.39 Å². The zero-order chi connectivity index (χ0) is 17.3. The monoisotopic (exact) mass is 389 g/mol. The van der Waals surface area contributed by atoms with Gasteiger partial charge in [-0.3, -0.25) is 4.79 Å². The zero-order valence-corrected chi connectivity index (χ0v) is 15.0. The Morgan fingerprint density at radius 3 is 2.67 bits per heavy atom. The van der Waals surface area contributed by atoms with E-state index in [4.69, 9.17) is 4.42 Å². The molecule has 1 atom stereocenters. The summed E-state index contributed by atoms with van der Waals surface area (Å²) in [6, 6.07) is 12.0. The largest absolute Gasteiger partial charge is 0.451 e. The van der Waals surface area contributed by atoms with Crippen LogP contribution >= 0.6 is 15.9 Å². The van der Waals surface area contributed by atoms with Crippen molar-refractivity contribution in [2.24, 2.45) is 0 Å². The molecule has 0 radical (unpaired) electrons. The Bertz CT molecular complexity index is 886. The van der Waals surface area contributed by atoms with E-state index in [0.717, 1.165) is 21.0 Å². The third-order valence-corrected chi connectivity index (χ3v) is 4.61. The molecule has 5 heteroatoms. The molecule has 3 rings (SSSR count). The number of fused-ring (bicyclic) bond motifs is 1. The number of hydrogen-bond donors (Lipinski definition) is 1. The van der Waals surface area contributed by atoms with Gasteiger partial charge in [0.25, 0.3) is 5.91 Å². The Morgan fingerprint density at radius 2 is 1.96 bits per heavy atom. The fraction of sp³-hybridized carbons (Fsp3) is 0.211. The molecule has 0 spiro atoms. The Morgan fingerprint density at radius 1 is 1.25 bits per heavy atom. The molecule has 2 aromatic carbocycles. The number of rotatable bonds is 4. The van der Waals surface area contributed by atoms with Crippen LogP contribution < -0.4 is 5.32 Å². The Kier molecular flexibility index (Phi) is 4.71. The maximum atomic E-state index is 13.0. The van der Waals surface area contributed by atoms with Crippen LogP contribution in [0.5, 0.6) is 0 Å². The van der Waals surface area contributed by atoms with Crippen molar-refractivity contribution in [2.45, 2.75) is 19.8 Å². The molecule has 1 N–H and O–H groups in total. The normalized spacial score (nSPS) is 12.3. The molecule has 1 unspecified atom stereocenters. The second kappa shape index (κ2) is 6.77. The van der Waals surface area contributed by atoms with Crippen LogP contribution in [0.1, 0.15) is 34.5 Å². The summed E-state index contributed by atoms with van der Waals surface area (Å²) in [6.07, 6.45) is 0. The van der Waals surface area contributed by atoms with Crippen molar-refractivity contribution in [1.29, 1.82) is 0 Å². The van der Waals surface area contributed by atoms with Gasteiger partial charge in [0, 0.05) is 22.0 Å². The van der Waals surface area contributed by atoms with E-state index in [2.05, 4.69) is 21.2 Å². The first-order chi connectivity index (χ1) is 11.5. The van der Waals surface area contributed by atoms with Gasteiger partial charge in [-0.1, -0.05) is 35.0 Å². The quantitative estimate of drug-likeness (QED) is 0.667. The SMILES string of the molecule is Cc1c(C(=O)NCC(C)c2ccc(F)cc2)oc2ccc(Br)cc12. The van der Waals surface area contributed by atoms with Crippen molar-refractivity contribution in [1.82, 2.24) is 5.32 Å². The van der Waals surface area contributed by atoms with E-state index < -0.39 is 0 Å². The van der Waals surface area contributed by atoms with E-state index >= 15 is 0 Å². The standard InChI is InChI=1S/C19H17BrFNO2/c1-11(13-3-6-15(21)7-4-13)10-22-19(23)18-12(2)16-9-14(20)5-8-17(16)24-18/h3-9,11H,10H2,1-2H3,(H,22,23). The van der Waals surface area contributed by atoms with Crippen LogP contribution in [0.15, 0.2) is 51.4 Å². The molecule has 124 valence electrons. The predicted octanol–water partition coefficient (Wildman–Crippen LogP) is 5.18. The average molecular weight is 390 g/mol. The molecule has 24 heavy (non-hydrogen) atoms. The Labute approximate surface area is 148 Å². The van der Waals surface area contributed by atoms with Gasteiger partial charge in [0.15, 0.2) is 5.76 Å². The molecular formula is C19H17BrFNO2. The van der Waals surface area contributed by atoms with Crippen LogP contribution in [-0.2, 0) is 0 Å². The summed E-state index contributed by atoms with van der Waals surface area (Å²) >= 11 is 3.42. The van der Waals surface area contributed by atoms with E-state index in [1.165, 1.54) is 12.1 Å². The molecule has 0 aliphatic rings. The maximum absolute atomic E-state index is 13.0. The van der Waals surface area contributed by atoms with Gasteiger partial charge in [-0.15, -0.1) is 0 Å². The van der Waals surface area contributed by atoms with Crippen molar-refractivity contribution in [3.8, 4) is 0 Å². The first-order valence-electron chi connectivity index (χ1n) is 7.68. The summed E-state index contributed by atoms with van der Waals surface area (Å²) in [7, 11) is 0. The molecule has 1 amide bonds. The highest BCUT2D eigenvalue weighted by molar-refractivity contribution is 9.10. The number of carbonyl (C=O) groups is 1. The number of aryl methyl sites for hydroxylation is 1. The van der Waals surface area contributed by atoms with Crippen LogP contribution in [0, 0.1) is 12.7 Å². The number of nitrogens with one attached hydrogen (secondary N) is 1. The maximum Gasteiger partial charge on any atom is 0.287 e. The van der Waals surface area contributed by atoms with Gasteiger partial charge >= 0.3 is 0 Å².